The van der Waals surface area contributed by atoms with Crippen molar-refractivity contribution in [2.75, 3.05) is 6.61 Å². The zero-order valence-corrected chi connectivity index (χ0v) is 9.09. The van der Waals surface area contributed by atoms with Crippen LogP contribution in [-0.2, 0) is 13.6 Å². The van der Waals surface area contributed by atoms with Crippen LogP contribution in [0.25, 0.3) is 0 Å². The van der Waals surface area contributed by atoms with Gasteiger partial charge in [0.05, 0.1) is 0 Å². The van der Waals surface area contributed by atoms with Gasteiger partial charge in [-0.05, 0) is 6.42 Å². The molecule has 0 spiro atoms. The first-order chi connectivity index (χ1) is 6.31. The minimum absolute atomic E-state index is 0.507. The summed E-state index contributed by atoms with van der Waals surface area (Å²) in [5, 5.41) is 0. The highest BCUT2D eigenvalue weighted by Crippen LogP contribution is 2.23. The van der Waals surface area contributed by atoms with Crippen LogP contribution in [0.1, 0.15) is 39.0 Å². The van der Waals surface area contributed by atoms with E-state index in [9.17, 15) is 4.57 Å². The molecule has 0 bridgehead atoms. The Kier molecular flexibility index (Phi) is 9.39. The molecule has 3 nitrogen and oxygen atoms in total. The molecule has 0 N–H and O–H groups in total. The topological polar surface area (TPSA) is 35.5 Å². The van der Waals surface area contributed by atoms with Crippen LogP contribution >= 0.6 is 8.25 Å². The maximum Gasteiger partial charge on any atom is 0.749 e. The number of unbranched alkanes of at least 4 members (excludes halogenated alkanes) is 4. The monoisotopic (exact) mass is 205 g/mol. The van der Waals surface area contributed by atoms with E-state index in [1.807, 2.05) is 0 Å². The lowest BCUT2D eigenvalue weighted by Crippen LogP contribution is -1.87. The maximum absolute atomic E-state index is 10.8. The molecular weight excluding hydrogens is 187 g/mol. The van der Waals surface area contributed by atoms with E-state index in [2.05, 4.69) is 18.0 Å². The minimum Gasteiger partial charge on any atom is -0.238 e. The third-order valence-electron chi connectivity index (χ3n) is 1.61. The molecular formula is C9H18O3P+. The van der Waals surface area contributed by atoms with Gasteiger partial charge >= 0.3 is 8.25 Å². The van der Waals surface area contributed by atoms with Gasteiger partial charge in [-0.15, -0.1) is 4.52 Å². The predicted molar refractivity (Wildman–Crippen MR) is 53.6 cm³/mol. The molecule has 0 radical (unpaired) electrons. The zero-order valence-electron chi connectivity index (χ0n) is 8.20. The van der Waals surface area contributed by atoms with Gasteiger partial charge < -0.3 is 0 Å². The molecule has 0 fully saturated rings. The van der Waals surface area contributed by atoms with Crippen LogP contribution < -0.4 is 0 Å². The molecule has 1 unspecified atom stereocenters. The van der Waals surface area contributed by atoms with Crippen LogP contribution in [0.5, 0.6) is 0 Å². The molecule has 0 amide bonds. The van der Waals surface area contributed by atoms with Crippen molar-refractivity contribution in [1.82, 2.24) is 0 Å². The van der Waals surface area contributed by atoms with Crippen molar-refractivity contribution in [1.29, 1.82) is 0 Å². The minimum atomic E-state index is -1.97. The highest BCUT2D eigenvalue weighted by Gasteiger charge is 2.17. The second-order valence-electron chi connectivity index (χ2n) is 2.74. The summed E-state index contributed by atoms with van der Waals surface area (Å²) in [5.74, 6) is 0. The molecule has 13 heavy (non-hydrogen) atoms. The average molecular weight is 205 g/mol. The van der Waals surface area contributed by atoms with Gasteiger partial charge in [0.1, 0.15) is 12.9 Å². The SMILES string of the molecule is C=CO[P+](=O)OCCCCCCC. The van der Waals surface area contributed by atoms with Crippen LogP contribution in [0.2, 0.25) is 0 Å². The summed E-state index contributed by atoms with van der Waals surface area (Å²) in [6.45, 7) is 5.96. The molecule has 4 heteroatoms. The second kappa shape index (κ2) is 9.69. The summed E-state index contributed by atoms with van der Waals surface area (Å²) < 4.78 is 20.2. The third kappa shape index (κ3) is 9.51. The van der Waals surface area contributed by atoms with E-state index >= 15 is 0 Å². The summed E-state index contributed by atoms with van der Waals surface area (Å²) in [7, 11) is -1.97. The Morgan fingerprint density at radius 3 is 2.62 bits per heavy atom. The smallest absolute Gasteiger partial charge is 0.238 e. The Labute approximate surface area is 81.1 Å². The zero-order chi connectivity index (χ0) is 9.94. The van der Waals surface area contributed by atoms with E-state index in [4.69, 9.17) is 4.52 Å². The highest BCUT2D eigenvalue weighted by molar-refractivity contribution is 7.33. The van der Waals surface area contributed by atoms with Crippen LogP contribution in [0, 0.1) is 0 Å². The fourth-order valence-electron chi connectivity index (χ4n) is 0.936. The quantitative estimate of drug-likeness (QED) is 0.326. The summed E-state index contributed by atoms with van der Waals surface area (Å²) in [5.41, 5.74) is 0. The van der Waals surface area contributed by atoms with E-state index in [1.54, 1.807) is 0 Å². The lowest BCUT2D eigenvalue weighted by Gasteiger charge is -1.94. The van der Waals surface area contributed by atoms with Crippen LogP contribution in [0.3, 0.4) is 0 Å². The first-order valence-corrected chi connectivity index (χ1v) is 5.78. The highest BCUT2D eigenvalue weighted by atomic mass is 31.1. The van der Waals surface area contributed by atoms with Gasteiger partial charge in [-0.2, -0.15) is 0 Å². The van der Waals surface area contributed by atoms with E-state index in [0.717, 1.165) is 19.1 Å². The molecule has 0 aromatic carbocycles. The van der Waals surface area contributed by atoms with E-state index in [-0.39, 0.29) is 0 Å². The molecule has 1 atom stereocenters. The predicted octanol–water partition coefficient (Wildman–Crippen LogP) is 3.79. The molecule has 76 valence electrons. The molecule has 0 aliphatic rings. The first kappa shape index (κ1) is 12.6. The summed E-state index contributed by atoms with van der Waals surface area (Å²) in [6, 6.07) is 0. The summed E-state index contributed by atoms with van der Waals surface area (Å²) >= 11 is 0. The second-order valence-corrected chi connectivity index (χ2v) is 3.66. The Balaban J connectivity index is 3.06. The summed E-state index contributed by atoms with van der Waals surface area (Å²) in [4.78, 5) is 0. The molecule has 0 rings (SSSR count). The van der Waals surface area contributed by atoms with E-state index < -0.39 is 8.25 Å². The van der Waals surface area contributed by atoms with E-state index in [0.29, 0.717) is 6.61 Å². The van der Waals surface area contributed by atoms with Crippen molar-refractivity contribution >= 4 is 8.25 Å². The van der Waals surface area contributed by atoms with Crippen LogP contribution in [0.15, 0.2) is 12.8 Å². The van der Waals surface area contributed by atoms with Gasteiger partial charge in [-0.1, -0.05) is 39.2 Å². The largest absolute Gasteiger partial charge is 0.749 e. The van der Waals surface area contributed by atoms with Crippen molar-refractivity contribution in [3.05, 3.63) is 12.8 Å². The van der Waals surface area contributed by atoms with Crippen molar-refractivity contribution in [2.24, 2.45) is 0 Å². The van der Waals surface area contributed by atoms with Crippen molar-refractivity contribution in [3.63, 3.8) is 0 Å². The number of rotatable bonds is 9. The van der Waals surface area contributed by atoms with Gasteiger partial charge in [-0.25, -0.2) is 4.52 Å². The number of hydrogen-bond acceptors (Lipinski definition) is 3. The van der Waals surface area contributed by atoms with Gasteiger partial charge in [0.2, 0.25) is 0 Å². The Morgan fingerprint density at radius 2 is 2.00 bits per heavy atom. The maximum atomic E-state index is 10.8. The fourth-order valence-corrected chi connectivity index (χ4v) is 1.40. The molecule has 0 saturated carbocycles. The van der Waals surface area contributed by atoms with Crippen LogP contribution in [-0.4, -0.2) is 6.61 Å². The lowest BCUT2D eigenvalue weighted by molar-refractivity contribution is 0.265. The summed E-state index contributed by atoms with van der Waals surface area (Å²) in [6.07, 6.45) is 6.92. The normalized spacial score (nSPS) is 11.0. The molecule has 0 saturated heterocycles. The van der Waals surface area contributed by atoms with Gasteiger partial charge in [-0.3, -0.25) is 0 Å². The molecule has 0 aromatic heterocycles. The Hall–Kier alpha value is -0.400. The van der Waals surface area contributed by atoms with Gasteiger partial charge in [0.25, 0.3) is 0 Å². The van der Waals surface area contributed by atoms with Gasteiger partial charge in [0, 0.05) is 4.57 Å². The van der Waals surface area contributed by atoms with Gasteiger partial charge in [0.15, 0.2) is 0 Å². The molecule has 0 aliphatic carbocycles. The van der Waals surface area contributed by atoms with Crippen LogP contribution in [0.4, 0.5) is 0 Å². The average Bonchev–Trinajstić information content (AvgIpc) is 2.11. The van der Waals surface area contributed by atoms with Crippen molar-refractivity contribution < 1.29 is 13.6 Å². The van der Waals surface area contributed by atoms with E-state index in [1.165, 1.54) is 19.3 Å². The fraction of sp³-hybridized carbons (Fsp3) is 0.778. The molecule has 0 aromatic rings. The first-order valence-electron chi connectivity index (χ1n) is 4.69. The molecule has 0 aliphatic heterocycles. The number of hydrogen-bond donors (Lipinski definition) is 0. The Bertz CT molecular complexity index is 148. The van der Waals surface area contributed by atoms with Crippen molar-refractivity contribution in [2.45, 2.75) is 39.0 Å². The molecule has 0 heterocycles. The lowest BCUT2D eigenvalue weighted by atomic mass is 10.2. The third-order valence-corrected chi connectivity index (χ3v) is 2.32. The Morgan fingerprint density at radius 1 is 1.31 bits per heavy atom. The standard InChI is InChI=1S/C9H18O3P/c1-3-5-6-7-8-9-12-13(10)11-4-2/h4H,2-3,5-9H2,1H3/q+1. The van der Waals surface area contributed by atoms with Crippen molar-refractivity contribution in [3.8, 4) is 0 Å².